The van der Waals surface area contributed by atoms with Crippen LogP contribution in [0.2, 0.25) is 0 Å². The van der Waals surface area contributed by atoms with Gasteiger partial charge in [-0.1, -0.05) is 35.9 Å². The molecule has 2 N–H and O–H groups in total. The van der Waals surface area contributed by atoms with Crippen molar-refractivity contribution in [3.05, 3.63) is 60.2 Å². The van der Waals surface area contributed by atoms with Crippen molar-refractivity contribution < 1.29 is 13.2 Å². The highest BCUT2D eigenvalue weighted by molar-refractivity contribution is 7.92. The number of halogens is 1. The van der Waals surface area contributed by atoms with Crippen LogP contribution in [-0.4, -0.2) is 40.0 Å². The normalized spacial score (nSPS) is 16.2. The lowest BCUT2D eigenvalue weighted by Crippen LogP contribution is -2.39. The number of benzene rings is 2. The number of rotatable bonds is 7. The Kier molecular flexibility index (Phi) is 7.86. The Morgan fingerprint density at radius 1 is 1.14 bits per heavy atom. The second kappa shape index (κ2) is 9.91. The van der Waals surface area contributed by atoms with Crippen LogP contribution in [0.5, 0.6) is 0 Å². The van der Waals surface area contributed by atoms with Crippen molar-refractivity contribution in [2.24, 2.45) is 0 Å². The van der Waals surface area contributed by atoms with Crippen molar-refractivity contribution in [3.63, 3.8) is 0 Å². The molecule has 0 aromatic heterocycles. The second-order valence-electron chi connectivity index (χ2n) is 6.73. The lowest BCUT2D eigenvalue weighted by atomic mass is 10.2. The molecule has 0 radical (unpaired) electrons. The third-order valence-corrected chi connectivity index (χ3v) is 6.46. The van der Waals surface area contributed by atoms with E-state index in [2.05, 4.69) is 10.6 Å². The van der Waals surface area contributed by atoms with Gasteiger partial charge in [0.2, 0.25) is 5.91 Å². The summed E-state index contributed by atoms with van der Waals surface area (Å²) in [6, 6.07) is 15.8. The molecule has 1 fully saturated rings. The van der Waals surface area contributed by atoms with Gasteiger partial charge in [-0.25, -0.2) is 8.42 Å². The van der Waals surface area contributed by atoms with Crippen LogP contribution in [0.1, 0.15) is 18.4 Å². The molecule has 8 heteroatoms. The molecule has 28 heavy (non-hydrogen) atoms. The quantitative estimate of drug-likeness (QED) is 0.717. The number of carbonyl (C=O) groups is 1. The van der Waals surface area contributed by atoms with Gasteiger partial charge < -0.3 is 10.6 Å². The lowest BCUT2D eigenvalue weighted by Gasteiger charge is -2.24. The zero-order valence-electron chi connectivity index (χ0n) is 15.8. The van der Waals surface area contributed by atoms with Crippen LogP contribution in [0.4, 0.5) is 5.69 Å². The van der Waals surface area contributed by atoms with Crippen LogP contribution in [0.25, 0.3) is 0 Å². The van der Waals surface area contributed by atoms with E-state index in [0.717, 1.165) is 25.1 Å². The third-order valence-electron chi connectivity index (χ3n) is 4.62. The van der Waals surface area contributed by atoms with Crippen LogP contribution >= 0.6 is 12.4 Å². The zero-order valence-corrected chi connectivity index (χ0v) is 17.4. The van der Waals surface area contributed by atoms with Gasteiger partial charge in [0.15, 0.2) is 0 Å². The number of nitrogens with one attached hydrogen (secondary N) is 2. The van der Waals surface area contributed by atoms with Crippen LogP contribution in [0, 0.1) is 6.92 Å². The van der Waals surface area contributed by atoms with Crippen molar-refractivity contribution in [2.75, 3.05) is 23.9 Å². The molecule has 0 aliphatic carbocycles. The van der Waals surface area contributed by atoms with Gasteiger partial charge in [-0.3, -0.25) is 9.10 Å². The number of anilines is 1. The molecule has 2 aromatic rings. The van der Waals surface area contributed by atoms with Gasteiger partial charge in [0.05, 0.1) is 10.6 Å². The maximum absolute atomic E-state index is 13.2. The predicted molar refractivity (Wildman–Crippen MR) is 113 cm³/mol. The Balaban J connectivity index is 0.00000280. The number of nitrogens with zero attached hydrogens (tertiary/aromatic N) is 1. The maximum Gasteiger partial charge on any atom is 0.264 e. The zero-order chi connectivity index (χ0) is 19.3. The van der Waals surface area contributed by atoms with Gasteiger partial charge in [0.1, 0.15) is 0 Å². The summed E-state index contributed by atoms with van der Waals surface area (Å²) in [6.45, 7) is 3.65. The highest BCUT2D eigenvalue weighted by atomic mass is 35.5. The number of para-hydroxylation sites is 1. The van der Waals surface area contributed by atoms with E-state index >= 15 is 0 Å². The van der Waals surface area contributed by atoms with Crippen LogP contribution < -0.4 is 14.9 Å². The summed E-state index contributed by atoms with van der Waals surface area (Å²) in [7, 11) is -3.75. The first-order valence-corrected chi connectivity index (χ1v) is 10.6. The number of sulfonamides is 1. The van der Waals surface area contributed by atoms with E-state index in [0.29, 0.717) is 5.69 Å². The topological polar surface area (TPSA) is 78.5 Å². The van der Waals surface area contributed by atoms with Crippen molar-refractivity contribution in [1.82, 2.24) is 10.6 Å². The molecule has 1 aliphatic heterocycles. The predicted octanol–water partition coefficient (Wildman–Crippen LogP) is 2.48. The molecule has 1 aliphatic rings. The molecule has 0 spiro atoms. The first kappa shape index (κ1) is 22.2. The van der Waals surface area contributed by atoms with E-state index in [4.69, 9.17) is 0 Å². The first-order chi connectivity index (χ1) is 13.0. The van der Waals surface area contributed by atoms with E-state index in [9.17, 15) is 13.2 Å². The summed E-state index contributed by atoms with van der Waals surface area (Å²) >= 11 is 0. The molecular weight excluding hydrogens is 398 g/mol. The second-order valence-corrected chi connectivity index (χ2v) is 8.60. The van der Waals surface area contributed by atoms with E-state index in [1.54, 1.807) is 48.5 Å². The van der Waals surface area contributed by atoms with Crippen molar-refractivity contribution in [2.45, 2.75) is 30.7 Å². The summed E-state index contributed by atoms with van der Waals surface area (Å²) in [6.07, 6.45) is 1.01. The molecule has 1 unspecified atom stereocenters. The van der Waals surface area contributed by atoms with Gasteiger partial charge in [-0.15, -0.1) is 12.4 Å². The number of aryl methyl sites for hydroxylation is 1. The van der Waals surface area contributed by atoms with E-state index in [1.807, 2.05) is 13.0 Å². The fourth-order valence-corrected chi connectivity index (χ4v) is 4.57. The smallest absolute Gasteiger partial charge is 0.264 e. The minimum atomic E-state index is -3.75. The summed E-state index contributed by atoms with van der Waals surface area (Å²) < 4.78 is 27.7. The fourth-order valence-electron chi connectivity index (χ4n) is 3.10. The van der Waals surface area contributed by atoms with Gasteiger partial charge in [-0.05, 0) is 44.2 Å². The van der Waals surface area contributed by atoms with Crippen molar-refractivity contribution in [3.8, 4) is 0 Å². The van der Waals surface area contributed by atoms with Gasteiger partial charge in [0.25, 0.3) is 10.0 Å². The van der Waals surface area contributed by atoms with Crippen LogP contribution in [0.15, 0.2) is 59.5 Å². The summed E-state index contributed by atoms with van der Waals surface area (Å²) in [5.41, 5.74) is 1.54. The van der Waals surface area contributed by atoms with Gasteiger partial charge >= 0.3 is 0 Å². The summed E-state index contributed by atoms with van der Waals surface area (Å²) in [5.74, 6) is -0.135. The number of hydrogen-bond donors (Lipinski definition) is 2. The first-order valence-electron chi connectivity index (χ1n) is 9.11. The molecule has 0 saturated carbocycles. The maximum atomic E-state index is 13.2. The minimum Gasteiger partial charge on any atom is -0.352 e. The molecule has 152 valence electrons. The highest BCUT2D eigenvalue weighted by Crippen LogP contribution is 2.24. The summed E-state index contributed by atoms with van der Waals surface area (Å²) in [4.78, 5) is 12.5. The average Bonchev–Trinajstić information content (AvgIpc) is 3.16. The van der Waals surface area contributed by atoms with Crippen LogP contribution in [-0.2, 0) is 14.8 Å². The molecule has 6 nitrogen and oxygen atoms in total. The Bertz CT molecular complexity index is 867. The third kappa shape index (κ3) is 5.47. The molecule has 3 rings (SSSR count). The molecule has 1 saturated heterocycles. The van der Waals surface area contributed by atoms with Crippen molar-refractivity contribution >= 4 is 34.0 Å². The number of carbonyl (C=O) groups excluding carboxylic acids is 1. The SMILES string of the molecule is Cc1ccc(S(=O)(=O)N(CCC(=O)NC2CCNC2)c2ccccc2)cc1.Cl. The van der Waals surface area contributed by atoms with Gasteiger partial charge in [-0.2, -0.15) is 0 Å². The largest absolute Gasteiger partial charge is 0.352 e. The van der Waals surface area contributed by atoms with E-state index in [-0.39, 0.29) is 42.2 Å². The Hall–Kier alpha value is -2.09. The Morgan fingerprint density at radius 3 is 2.43 bits per heavy atom. The number of hydrogen-bond acceptors (Lipinski definition) is 4. The minimum absolute atomic E-state index is 0. The Labute approximate surface area is 172 Å². The lowest BCUT2D eigenvalue weighted by molar-refractivity contribution is -0.121. The van der Waals surface area contributed by atoms with Gasteiger partial charge in [0, 0.05) is 25.6 Å². The summed E-state index contributed by atoms with van der Waals surface area (Å²) in [5, 5.41) is 6.16. The van der Waals surface area contributed by atoms with E-state index in [1.165, 1.54) is 4.31 Å². The molecule has 2 aromatic carbocycles. The molecule has 1 amide bonds. The average molecular weight is 424 g/mol. The monoisotopic (exact) mass is 423 g/mol. The number of amides is 1. The molecule has 0 bridgehead atoms. The molecule has 1 heterocycles. The van der Waals surface area contributed by atoms with E-state index < -0.39 is 10.0 Å². The standard InChI is InChI=1S/C20H25N3O3S.ClH/c1-16-7-9-19(10-8-16)27(25,26)23(18-5-3-2-4-6-18)14-12-20(24)22-17-11-13-21-15-17;/h2-10,17,21H,11-15H2,1H3,(H,22,24);1H. The van der Waals surface area contributed by atoms with Crippen LogP contribution in [0.3, 0.4) is 0 Å². The molecular formula is C20H26ClN3O3S. The molecule has 1 atom stereocenters. The highest BCUT2D eigenvalue weighted by Gasteiger charge is 2.26. The fraction of sp³-hybridized carbons (Fsp3) is 0.350. The van der Waals surface area contributed by atoms with Crippen molar-refractivity contribution in [1.29, 1.82) is 0 Å². The Morgan fingerprint density at radius 2 is 1.82 bits per heavy atom.